The molecule has 0 radical (unpaired) electrons. The molecule has 0 spiro atoms. The van der Waals surface area contributed by atoms with Crippen molar-refractivity contribution < 1.29 is 13.7 Å². The Kier molecular flexibility index (Phi) is 5.66. The molecule has 0 aromatic heterocycles. The lowest BCUT2D eigenvalue weighted by Gasteiger charge is -2.26. The zero-order chi connectivity index (χ0) is 17.8. The van der Waals surface area contributed by atoms with Gasteiger partial charge in [0.25, 0.3) is 0 Å². The average molecular weight is 357 g/mol. The summed E-state index contributed by atoms with van der Waals surface area (Å²) in [6.07, 6.45) is 2.69. The van der Waals surface area contributed by atoms with Gasteiger partial charge in [0.1, 0.15) is 0 Å². The molecule has 1 N–H and O–H groups in total. The van der Waals surface area contributed by atoms with Crippen molar-refractivity contribution in [2.45, 2.75) is 36.8 Å². The molecule has 0 bridgehead atoms. The highest BCUT2D eigenvalue weighted by molar-refractivity contribution is 7.84. The smallest absolute Gasteiger partial charge is 0.223 e. The fourth-order valence-electron chi connectivity index (χ4n) is 3.15. The number of fused-ring (bicyclic) bond motifs is 1. The van der Waals surface area contributed by atoms with Crippen LogP contribution in [0.2, 0.25) is 0 Å². The molecule has 2 aromatic carbocycles. The highest BCUT2D eigenvalue weighted by atomic mass is 32.2. The van der Waals surface area contributed by atoms with Gasteiger partial charge in [-0.25, -0.2) is 0 Å². The Hall–Kier alpha value is -1.98. The molecule has 3 rings (SSSR count). The second kappa shape index (κ2) is 7.93. The molecular formula is C20H23NO3S. The monoisotopic (exact) mass is 357 g/mol. The van der Waals surface area contributed by atoms with E-state index in [0.29, 0.717) is 13.0 Å². The predicted molar refractivity (Wildman–Crippen MR) is 98.8 cm³/mol. The highest BCUT2D eigenvalue weighted by Gasteiger charge is 2.23. The van der Waals surface area contributed by atoms with E-state index in [1.807, 2.05) is 49.4 Å². The SMILES string of the molecule is C[C@H](NC(=O)C[C@H]1OCCc2ccccc21)c1ccc([S@@](C)=O)cc1. The lowest BCUT2D eigenvalue weighted by atomic mass is 9.95. The standard InChI is InChI=1S/C20H23NO3S/c1-14(15-7-9-17(10-8-15)25(2)23)21-20(22)13-19-18-6-4-3-5-16(18)11-12-24-19/h3-10,14,19H,11-13H2,1-2H3,(H,21,22)/t14-,19+,25+/m0/s1. The number of benzene rings is 2. The maximum absolute atomic E-state index is 12.4. The van der Waals surface area contributed by atoms with Crippen LogP contribution in [0.25, 0.3) is 0 Å². The van der Waals surface area contributed by atoms with E-state index in [2.05, 4.69) is 11.4 Å². The number of rotatable bonds is 5. The first kappa shape index (κ1) is 17.8. The van der Waals surface area contributed by atoms with Gasteiger partial charge in [0.15, 0.2) is 0 Å². The van der Waals surface area contributed by atoms with Crippen LogP contribution in [0, 0.1) is 0 Å². The second-order valence-corrected chi connectivity index (χ2v) is 7.70. The Bertz CT molecular complexity index is 773. The van der Waals surface area contributed by atoms with E-state index in [1.54, 1.807) is 6.26 Å². The molecule has 0 fully saturated rings. The van der Waals surface area contributed by atoms with E-state index < -0.39 is 10.8 Å². The van der Waals surface area contributed by atoms with Crippen LogP contribution in [0.4, 0.5) is 0 Å². The van der Waals surface area contributed by atoms with Crippen LogP contribution in [-0.2, 0) is 26.8 Å². The van der Waals surface area contributed by atoms with Crippen LogP contribution in [0.3, 0.4) is 0 Å². The van der Waals surface area contributed by atoms with Crippen molar-refractivity contribution in [2.75, 3.05) is 12.9 Å². The van der Waals surface area contributed by atoms with Crippen LogP contribution in [0.15, 0.2) is 53.4 Å². The highest BCUT2D eigenvalue weighted by Crippen LogP contribution is 2.29. The van der Waals surface area contributed by atoms with Crippen molar-refractivity contribution in [1.29, 1.82) is 0 Å². The number of carbonyl (C=O) groups excluding carboxylic acids is 1. The molecule has 0 unspecified atom stereocenters. The number of amides is 1. The van der Waals surface area contributed by atoms with Gasteiger partial charge in [0.05, 0.1) is 25.2 Å². The molecular weight excluding hydrogens is 334 g/mol. The summed E-state index contributed by atoms with van der Waals surface area (Å²) in [6, 6.07) is 15.6. The molecule has 25 heavy (non-hydrogen) atoms. The normalized spacial score (nSPS) is 18.9. The average Bonchev–Trinajstić information content (AvgIpc) is 2.62. The molecule has 0 saturated carbocycles. The number of hydrogen-bond acceptors (Lipinski definition) is 3. The Balaban J connectivity index is 1.62. The van der Waals surface area contributed by atoms with E-state index >= 15 is 0 Å². The zero-order valence-electron chi connectivity index (χ0n) is 14.5. The van der Waals surface area contributed by atoms with Crippen molar-refractivity contribution in [3.05, 3.63) is 65.2 Å². The molecule has 1 amide bonds. The molecule has 3 atom stereocenters. The Morgan fingerprint density at radius 1 is 1.24 bits per heavy atom. The van der Waals surface area contributed by atoms with Crippen molar-refractivity contribution in [3.8, 4) is 0 Å². The van der Waals surface area contributed by atoms with E-state index in [1.165, 1.54) is 5.56 Å². The Morgan fingerprint density at radius 3 is 2.68 bits per heavy atom. The lowest BCUT2D eigenvalue weighted by molar-refractivity contribution is -0.125. The van der Waals surface area contributed by atoms with Gasteiger partial charge in [-0.15, -0.1) is 0 Å². The zero-order valence-corrected chi connectivity index (χ0v) is 15.3. The minimum Gasteiger partial charge on any atom is -0.373 e. The third-order valence-corrected chi connectivity index (χ3v) is 5.49. The van der Waals surface area contributed by atoms with Gasteiger partial charge in [-0.2, -0.15) is 0 Å². The third-order valence-electron chi connectivity index (χ3n) is 4.55. The molecule has 0 saturated heterocycles. The van der Waals surface area contributed by atoms with Gasteiger partial charge < -0.3 is 10.1 Å². The van der Waals surface area contributed by atoms with E-state index in [4.69, 9.17) is 4.74 Å². The quantitative estimate of drug-likeness (QED) is 0.893. The molecule has 5 heteroatoms. The molecule has 2 aromatic rings. The first-order valence-corrected chi connectivity index (χ1v) is 10.0. The molecule has 132 valence electrons. The summed E-state index contributed by atoms with van der Waals surface area (Å²) in [6.45, 7) is 2.60. The van der Waals surface area contributed by atoms with Crippen molar-refractivity contribution in [3.63, 3.8) is 0 Å². The van der Waals surface area contributed by atoms with E-state index in [-0.39, 0.29) is 18.1 Å². The van der Waals surface area contributed by atoms with Crippen molar-refractivity contribution in [2.24, 2.45) is 0 Å². The summed E-state index contributed by atoms with van der Waals surface area (Å²) < 4.78 is 17.3. The maximum Gasteiger partial charge on any atom is 0.223 e. The van der Waals surface area contributed by atoms with E-state index in [9.17, 15) is 9.00 Å². The topological polar surface area (TPSA) is 55.4 Å². The summed E-state index contributed by atoms with van der Waals surface area (Å²) in [4.78, 5) is 13.2. The number of ether oxygens (including phenoxy) is 1. The third kappa shape index (κ3) is 4.35. The largest absolute Gasteiger partial charge is 0.373 e. The summed E-state index contributed by atoms with van der Waals surface area (Å²) in [5.41, 5.74) is 3.38. The first-order chi connectivity index (χ1) is 12.0. The summed E-state index contributed by atoms with van der Waals surface area (Å²) in [5.74, 6) is -0.0302. The minimum atomic E-state index is -0.991. The van der Waals surface area contributed by atoms with Crippen LogP contribution in [0.5, 0.6) is 0 Å². The first-order valence-electron chi connectivity index (χ1n) is 8.46. The molecule has 1 aliphatic heterocycles. The van der Waals surface area contributed by atoms with Crippen molar-refractivity contribution >= 4 is 16.7 Å². The lowest BCUT2D eigenvalue weighted by Crippen LogP contribution is -2.29. The predicted octanol–water partition coefficient (Wildman–Crippen LogP) is 3.31. The van der Waals surface area contributed by atoms with Crippen LogP contribution in [0.1, 0.15) is 42.2 Å². The molecule has 4 nitrogen and oxygen atoms in total. The minimum absolute atomic E-state index is 0.0302. The Morgan fingerprint density at radius 2 is 1.96 bits per heavy atom. The number of nitrogens with one attached hydrogen (secondary N) is 1. The Labute approximate surface area is 151 Å². The molecule has 0 aliphatic carbocycles. The second-order valence-electron chi connectivity index (χ2n) is 6.32. The number of hydrogen-bond donors (Lipinski definition) is 1. The van der Waals surface area contributed by atoms with Gasteiger partial charge in [0, 0.05) is 22.0 Å². The molecule has 1 heterocycles. The number of carbonyl (C=O) groups is 1. The van der Waals surface area contributed by atoms with Gasteiger partial charge in [0.2, 0.25) is 5.91 Å². The van der Waals surface area contributed by atoms with Crippen LogP contribution in [-0.4, -0.2) is 23.0 Å². The van der Waals surface area contributed by atoms with Crippen LogP contribution >= 0.6 is 0 Å². The van der Waals surface area contributed by atoms with Crippen LogP contribution < -0.4 is 5.32 Å². The van der Waals surface area contributed by atoms with Crippen molar-refractivity contribution in [1.82, 2.24) is 5.32 Å². The fourth-order valence-corrected chi connectivity index (χ4v) is 3.67. The fraction of sp³-hybridized carbons (Fsp3) is 0.350. The van der Waals surface area contributed by atoms with E-state index in [0.717, 1.165) is 22.4 Å². The van der Waals surface area contributed by atoms with Gasteiger partial charge in [-0.3, -0.25) is 9.00 Å². The maximum atomic E-state index is 12.4. The van der Waals surface area contributed by atoms with Gasteiger partial charge >= 0.3 is 0 Å². The van der Waals surface area contributed by atoms with Gasteiger partial charge in [-0.05, 0) is 42.2 Å². The summed E-state index contributed by atoms with van der Waals surface area (Å²) in [5, 5.41) is 3.03. The summed E-state index contributed by atoms with van der Waals surface area (Å²) >= 11 is 0. The molecule has 1 aliphatic rings. The summed E-state index contributed by atoms with van der Waals surface area (Å²) in [7, 11) is -0.991. The van der Waals surface area contributed by atoms with Gasteiger partial charge in [-0.1, -0.05) is 36.4 Å².